The lowest BCUT2D eigenvalue weighted by molar-refractivity contribution is -0.143. The highest BCUT2D eigenvalue weighted by Gasteiger charge is 2.29. The fourth-order valence-corrected chi connectivity index (χ4v) is 5.05. The number of nitrogens with one attached hydrogen (secondary N) is 2. The van der Waals surface area contributed by atoms with Crippen LogP contribution in [0.4, 0.5) is 5.69 Å². The quantitative estimate of drug-likeness (QED) is 0.314. The maximum atomic E-state index is 13.0. The number of aromatic amines is 1. The van der Waals surface area contributed by atoms with E-state index in [1.165, 1.54) is 7.11 Å². The van der Waals surface area contributed by atoms with Crippen LogP contribution < -0.4 is 10.1 Å². The summed E-state index contributed by atoms with van der Waals surface area (Å²) in [4.78, 5) is 41.2. The Hall–Kier alpha value is -4.33. The van der Waals surface area contributed by atoms with Crippen LogP contribution in [0.1, 0.15) is 59.1 Å². The lowest BCUT2D eigenvalue weighted by Crippen LogP contribution is -2.12. The SMILES string of the molecule is CCOC(=O)CCc1c(/C=C2\C(=O)Nc3cc(-c4ccc(O)c(OC)c4)ccc32)[nH]c2c1C(=O)CCC2. The number of hydrogen-bond acceptors (Lipinski definition) is 6. The van der Waals surface area contributed by atoms with Crippen molar-refractivity contribution in [2.75, 3.05) is 19.0 Å². The number of phenols is 1. The average molecular weight is 501 g/mol. The van der Waals surface area contributed by atoms with E-state index in [1.807, 2.05) is 18.2 Å². The summed E-state index contributed by atoms with van der Waals surface area (Å²) in [5.41, 5.74) is 6.53. The number of ether oxygens (including phenoxy) is 2. The van der Waals surface area contributed by atoms with Gasteiger partial charge < -0.3 is 24.9 Å². The standard InChI is InChI=1S/C29H28N2O6/c1-3-37-27(34)12-10-19-23(30-21-5-4-6-25(33)28(19)21)15-20-18-9-7-16(13-22(18)31-29(20)35)17-8-11-24(32)26(14-17)36-2/h7-9,11,13-15,30,32H,3-6,10,12H2,1-2H3,(H,31,35)/b20-15-. The lowest BCUT2D eigenvalue weighted by Gasteiger charge is -2.11. The first-order chi connectivity index (χ1) is 17.9. The molecular formula is C29H28N2O6. The molecule has 0 saturated carbocycles. The zero-order valence-electron chi connectivity index (χ0n) is 20.8. The van der Waals surface area contributed by atoms with E-state index in [0.717, 1.165) is 40.8 Å². The van der Waals surface area contributed by atoms with Crippen molar-refractivity contribution in [2.24, 2.45) is 0 Å². The second-order valence-corrected chi connectivity index (χ2v) is 9.11. The maximum Gasteiger partial charge on any atom is 0.306 e. The number of methoxy groups -OCH3 is 1. The van der Waals surface area contributed by atoms with Gasteiger partial charge in [-0.2, -0.15) is 0 Å². The third-order valence-corrected chi connectivity index (χ3v) is 6.81. The molecule has 2 aromatic carbocycles. The Kier molecular flexibility index (Phi) is 6.56. The second kappa shape index (κ2) is 9.97. The fraction of sp³-hybridized carbons (Fsp3) is 0.276. The van der Waals surface area contributed by atoms with E-state index in [9.17, 15) is 19.5 Å². The summed E-state index contributed by atoms with van der Waals surface area (Å²) in [5, 5.41) is 12.8. The highest BCUT2D eigenvalue weighted by Crippen LogP contribution is 2.39. The van der Waals surface area contributed by atoms with E-state index in [4.69, 9.17) is 9.47 Å². The normalized spacial score (nSPS) is 15.4. The van der Waals surface area contributed by atoms with Crippen LogP contribution in [0.3, 0.4) is 0 Å². The number of hydrogen-bond donors (Lipinski definition) is 3. The topological polar surface area (TPSA) is 118 Å². The highest BCUT2D eigenvalue weighted by molar-refractivity contribution is 6.35. The van der Waals surface area contributed by atoms with Crippen LogP contribution in [0.25, 0.3) is 22.8 Å². The van der Waals surface area contributed by atoms with Crippen LogP contribution in [0.5, 0.6) is 11.5 Å². The lowest BCUT2D eigenvalue weighted by atomic mass is 9.91. The van der Waals surface area contributed by atoms with Crippen molar-refractivity contribution >= 4 is 35.0 Å². The van der Waals surface area contributed by atoms with Gasteiger partial charge in [-0.3, -0.25) is 14.4 Å². The van der Waals surface area contributed by atoms with Crippen molar-refractivity contribution < 1.29 is 29.0 Å². The van der Waals surface area contributed by atoms with Crippen molar-refractivity contribution in [1.82, 2.24) is 4.98 Å². The Morgan fingerprint density at radius 2 is 1.89 bits per heavy atom. The first-order valence-electron chi connectivity index (χ1n) is 12.4. The van der Waals surface area contributed by atoms with E-state index in [0.29, 0.717) is 47.7 Å². The first-order valence-corrected chi connectivity index (χ1v) is 12.4. The number of carbonyl (C=O) groups is 3. The Morgan fingerprint density at radius 1 is 1.11 bits per heavy atom. The Labute approximate surface area is 214 Å². The number of amides is 1. The summed E-state index contributed by atoms with van der Waals surface area (Å²) in [5.74, 6) is -0.0846. The number of ketones is 1. The molecule has 1 aromatic heterocycles. The van der Waals surface area contributed by atoms with Gasteiger partial charge in [0.2, 0.25) is 0 Å². The first kappa shape index (κ1) is 24.4. The van der Waals surface area contributed by atoms with Gasteiger partial charge in [0.05, 0.1) is 19.3 Å². The molecule has 1 aliphatic heterocycles. The Bertz CT molecular complexity index is 1450. The third kappa shape index (κ3) is 4.62. The highest BCUT2D eigenvalue weighted by atomic mass is 16.5. The van der Waals surface area contributed by atoms with Gasteiger partial charge in [0.15, 0.2) is 17.3 Å². The summed E-state index contributed by atoms with van der Waals surface area (Å²) < 4.78 is 10.3. The van der Waals surface area contributed by atoms with E-state index in [1.54, 1.807) is 31.2 Å². The third-order valence-electron chi connectivity index (χ3n) is 6.81. The number of phenolic OH excluding ortho intramolecular Hbond substituents is 1. The molecule has 0 fully saturated rings. The van der Waals surface area contributed by atoms with Crippen LogP contribution in [-0.2, 0) is 27.2 Å². The minimum Gasteiger partial charge on any atom is -0.504 e. The molecule has 37 heavy (non-hydrogen) atoms. The summed E-state index contributed by atoms with van der Waals surface area (Å²) in [6, 6.07) is 10.7. The van der Waals surface area contributed by atoms with Gasteiger partial charge >= 0.3 is 5.97 Å². The minimum atomic E-state index is -0.318. The molecule has 190 valence electrons. The molecule has 3 aromatic rings. The number of esters is 1. The van der Waals surface area contributed by atoms with Crippen LogP contribution in [-0.4, -0.2) is 41.5 Å². The predicted octanol–water partition coefficient (Wildman–Crippen LogP) is 4.90. The minimum absolute atomic E-state index is 0.0526. The number of benzene rings is 2. The van der Waals surface area contributed by atoms with Crippen molar-refractivity contribution in [3.8, 4) is 22.6 Å². The molecule has 3 N–H and O–H groups in total. The molecule has 1 aliphatic carbocycles. The smallest absolute Gasteiger partial charge is 0.306 e. The zero-order valence-corrected chi connectivity index (χ0v) is 20.8. The number of aromatic hydroxyl groups is 1. The van der Waals surface area contributed by atoms with Gasteiger partial charge in [-0.1, -0.05) is 18.2 Å². The molecule has 0 bridgehead atoms. The average Bonchev–Trinajstić information content (AvgIpc) is 3.40. The predicted molar refractivity (Wildman–Crippen MR) is 140 cm³/mol. The number of aromatic nitrogens is 1. The van der Waals surface area contributed by atoms with Crippen LogP contribution in [0.2, 0.25) is 0 Å². The number of H-pyrrole nitrogens is 1. The van der Waals surface area contributed by atoms with Crippen LogP contribution in [0, 0.1) is 0 Å². The Morgan fingerprint density at radius 3 is 2.68 bits per heavy atom. The number of aryl methyl sites for hydroxylation is 1. The molecule has 0 radical (unpaired) electrons. The van der Waals surface area contributed by atoms with E-state index in [2.05, 4.69) is 10.3 Å². The number of anilines is 1. The molecule has 2 aliphatic rings. The van der Waals surface area contributed by atoms with Crippen molar-refractivity contribution in [1.29, 1.82) is 0 Å². The monoisotopic (exact) mass is 500 g/mol. The van der Waals surface area contributed by atoms with Gasteiger partial charge in [0.1, 0.15) is 0 Å². The molecule has 0 atom stereocenters. The Balaban J connectivity index is 1.52. The molecule has 0 unspecified atom stereocenters. The summed E-state index contributed by atoms with van der Waals surface area (Å²) in [7, 11) is 1.49. The number of rotatable bonds is 7. The number of fused-ring (bicyclic) bond motifs is 2. The molecule has 8 nitrogen and oxygen atoms in total. The zero-order chi connectivity index (χ0) is 26.1. The summed E-state index contributed by atoms with van der Waals surface area (Å²) in [6.45, 7) is 2.06. The van der Waals surface area contributed by atoms with Gasteiger partial charge in [0.25, 0.3) is 5.91 Å². The van der Waals surface area contributed by atoms with Gasteiger partial charge in [-0.25, -0.2) is 0 Å². The van der Waals surface area contributed by atoms with Crippen LogP contribution in [0.15, 0.2) is 36.4 Å². The number of Topliss-reactive ketones (excluding diaryl/α,β-unsaturated/α-hetero) is 1. The van der Waals surface area contributed by atoms with E-state index in [-0.39, 0.29) is 29.8 Å². The number of carbonyl (C=O) groups excluding carboxylic acids is 3. The fourth-order valence-electron chi connectivity index (χ4n) is 5.05. The molecule has 0 saturated heterocycles. The second-order valence-electron chi connectivity index (χ2n) is 9.11. The van der Waals surface area contributed by atoms with E-state index >= 15 is 0 Å². The van der Waals surface area contributed by atoms with Crippen molar-refractivity contribution in [2.45, 2.75) is 39.0 Å². The molecule has 8 heteroatoms. The summed E-state index contributed by atoms with van der Waals surface area (Å²) in [6.07, 6.45) is 4.28. The van der Waals surface area contributed by atoms with Crippen LogP contribution >= 0.6 is 0 Å². The molecular weight excluding hydrogens is 472 g/mol. The van der Waals surface area contributed by atoms with E-state index < -0.39 is 0 Å². The largest absolute Gasteiger partial charge is 0.504 e. The molecule has 2 heterocycles. The van der Waals surface area contributed by atoms with Crippen molar-refractivity contribution in [3.05, 3.63) is 64.5 Å². The van der Waals surface area contributed by atoms with Gasteiger partial charge in [-0.15, -0.1) is 0 Å². The molecule has 1 amide bonds. The molecule has 5 rings (SSSR count). The molecule has 0 spiro atoms. The van der Waals surface area contributed by atoms with Gasteiger partial charge in [-0.05, 0) is 67.2 Å². The maximum absolute atomic E-state index is 13.0. The van der Waals surface area contributed by atoms with Crippen molar-refractivity contribution in [3.63, 3.8) is 0 Å². The van der Waals surface area contributed by atoms with Gasteiger partial charge in [0, 0.05) is 41.0 Å². The summed E-state index contributed by atoms with van der Waals surface area (Å²) >= 11 is 0.